The minimum Gasteiger partial charge on any atom is -0.489 e. The first-order valence-corrected chi connectivity index (χ1v) is 12.8. The van der Waals surface area contributed by atoms with Gasteiger partial charge in [0, 0.05) is 11.0 Å². The number of benzene rings is 3. The van der Waals surface area contributed by atoms with Crippen LogP contribution in [0.3, 0.4) is 0 Å². The summed E-state index contributed by atoms with van der Waals surface area (Å²) in [4.78, 5) is 11.5. The average molecular weight is 483 g/mol. The smallest absolute Gasteiger partial charge is 0.307 e. The zero-order chi connectivity index (χ0) is 25.2. The Hall–Kier alpha value is -3.40. The first-order chi connectivity index (χ1) is 17.2. The molecule has 3 aromatic rings. The summed E-state index contributed by atoms with van der Waals surface area (Å²) in [5, 5.41) is 9.43. The molecule has 2 atom stereocenters. The average Bonchev–Trinajstić information content (AvgIpc) is 3.51. The fraction of sp³-hybridized carbons (Fsp3) is 0.344. The van der Waals surface area contributed by atoms with Gasteiger partial charge in [0.2, 0.25) is 0 Å². The van der Waals surface area contributed by atoms with Crippen molar-refractivity contribution in [2.24, 2.45) is 11.3 Å². The van der Waals surface area contributed by atoms with Crippen molar-refractivity contribution in [1.82, 2.24) is 0 Å². The van der Waals surface area contributed by atoms with E-state index in [0.717, 1.165) is 59.3 Å². The summed E-state index contributed by atoms with van der Waals surface area (Å²) in [6.45, 7) is 6.89. The second kappa shape index (κ2) is 8.06. The first-order valence-electron chi connectivity index (χ1n) is 12.8. The molecule has 0 aromatic heterocycles. The van der Waals surface area contributed by atoms with Gasteiger partial charge in [0.25, 0.3) is 0 Å². The van der Waals surface area contributed by atoms with E-state index in [2.05, 4.69) is 32.1 Å². The molecule has 3 aliphatic carbocycles. The van der Waals surface area contributed by atoms with E-state index in [-0.39, 0.29) is 22.6 Å². The highest BCUT2D eigenvalue weighted by molar-refractivity contribution is 5.85. The normalized spacial score (nSPS) is 23.1. The van der Waals surface area contributed by atoms with Gasteiger partial charge in [-0.25, -0.2) is 4.39 Å². The Morgan fingerprint density at radius 1 is 1.06 bits per heavy atom. The molecule has 0 saturated heterocycles. The Labute approximate surface area is 211 Å². The molecule has 1 spiro atoms. The zero-order valence-corrected chi connectivity index (χ0v) is 21.0. The predicted molar refractivity (Wildman–Crippen MR) is 139 cm³/mol. The lowest BCUT2D eigenvalue weighted by Gasteiger charge is -2.31. The lowest BCUT2D eigenvalue weighted by Crippen LogP contribution is -2.29. The number of allylic oxidation sites excluding steroid dienone is 2. The highest BCUT2D eigenvalue weighted by atomic mass is 19.1. The van der Waals surface area contributed by atoms with Crippen LogP contribution in [0.15, 0.2) is 60.7 Å². The van der Waals surface area contributed by atoms with Crippen LogP contribution >= 0.6 is 0 Å². The summed E-state index contributed by atoms with van der Waals surface area (Å²) >= 11 is 0. The maximum absolute atomic E-state index is 14.9. The Kier molecular flexibility index (Phi) is 5.15. The maximum Gasteiger partial charge on any atom is 0.307 e. The minimum absolute atomic E-state index is 0.0233. The topological polar surface area (TPSA) is 46.5 Å². The van der Waals surface area contributed by atoms with Crippen LogP contribution in [0.1, 0.15) is 60.9 Å². The molecular weight excluding hydrogens is 451 g/mol. The number of ether oxygens (including phenoxy) is 1. The number of hydrogen-bond donors (Lipinski definition) is 1. The largest absolute Gasteiger partial charge is 0.489 e. The maximum atomic E-state index is 14.9. The Bertz CT molecular complexity index is 1430. The molecule has 3 aliphatic rings. The molecule has 1 fully saturated rings. The van der Waals surface area contributed by atoms with Crippen LogP contribution in [-0.2, 0) is 23.2 Å². The number of carboxylic acid groups (broad SMARTS) is 1. The quantitative estimate of drug-likeness (QED) is 0.396. The van der Waals surface area contributed by atoms with Crippen LogP contribution in [0.5, 0.6) is 5.75 Å². The first kappa shape index (κ1) is 23.0. The van der Waals surface area contributed by atoms with Gasteiger partial charge in [0.15, 0.2) is 0 Å². The Morgan fingerprint density at radius 2 is 1.89 bits per heavy atom. The van der Waals surface area contributed by atoms with E-state index in [4.69, 9.17) is 4.74 Å². The minimum atomic E-state index is -0.700. The second-order valence-electron chi connectivity index (χ2n) is 11.4. The number of aliphatic carboxylic acids is 1. The van der Waals surface area contributed by atoms with E-state index in [0.29, 0.717) is 12.2 Å². The monoisotopic (exact) mass is 482 g/mol. The molecule has 4 heteroatoms. The van der Waals surface area contributed by atoms with Gasteiger partial charge < -0.3 is 9.84 Å². The molecule has 1 N–H and O–H groups in total. The molecule has 0 radical (unpaired) electrons. The third-order valence-corrected chi connectivity index (χ3v) is 8.54. The SMILES string of the molecule is Cc1ccc(F)c(-c2ccc(COc3ccc4c(c3)[C@@]3(C4)C[C@@H]3C(=O)O)cc2C2=CCCC2(C)C)c1. The molecular formula is C32H31FO3. The summed E-state index contributed by atoms with van der Waals surface area (Å²) in [5.74, 6) is -0.410. The van der Waals surface area contributed by atoms with Gasteiger partial charge in [-0.3, -0.25) is 4.79 Å². The fourth-order valence-electron chi connectivity index (χ4n) is 6.33. The molecule has 1 saturated carbocycles. The fourth-order valence-corrected chi connectivity index (χ4v) is 6.33. The highest BCUT2D eigenvalue weighted by Gasteiger charge is 2.64. The lowest BCUT2D eigenvalue weighted by molar-refractivity contribution is -0.139. The van der Waals surface area contributed by atoms with E-state index < -0.39 is 5.97 Å². The number of carboxylic acids is 1. The summed E-state index contributed by atoms with van der Waals surface area (Å²) in [6, 6.07) is 17.5. The molecule has 0 amide bonds. The molecule has 0 aliphatic heterocycles. The van der Waals surface area contributed by atoms with Crippen LogP contribution in [-0.4, -0.2) is 11.1 Å². The van der Waals surface area contributed by atoms with Crippen LogP contribution < -0.4 is 4.74 Å². The molecule has 0 unspecified atom stereocenters. The van der Waals surface area contributed by atoms with Crippen LogP contribution in [0.4, 0.5) is 4.39 Å². The van der Waals surface area contributed by atoms with Crippen molar-refractivity contribution in [2.45, 2.75) is 58.5 Å². The number of hydrogen-bond acceptors (Lipinski definition) is 2. The van der Waals surface area contributed by atoms with E-state index >= 15 is 0 Å². The van der Waals surface area contributed by atoms with Gasteiger partial charge in [-0.15, -0.1) is 0 Å². The second-order valence-corrected chi connectivity index (χ2v) is 11.4. The molecule has 0 heterocycles. The van der Waals surface area contributed by atoms with Crippen molar-refractivity contribution in [3.8, 4) is 16.9 Å². The van der Waals surface area contributed by atoms with Gasteiger partial charge in [-0.1, -0.05) is 49.8 Å². The zero-order valence-electron chi connectivity index (χ0n) is 21.0. The summed E-state index contributed by atoms with van der Waals surface area (Å²) in [5.41, 5.74) is 8.15. The molecule has 0 bridgehead atoms. The molecule has 6 rings (SSSR count). The summed E-state index contributed by atoms with van der Waals surface area (Å²) in [6.07, 6.45) is 5.97. The molecule has 3 aromatic carbocycles. The van der Waals surface area contributed by atoms with E-state index in [1.807, 2.05) is 37.3 Å². The van der Waals surface area contributed by atoms with Gasteiger partial charge in [-0.05, 0) is 102 Å². The standard InChI is InChI=1S/C32H31FO3/c1-19-6-11-29(33)25(13-19)23-10-7-20(14-24(23)26-5-4-12-31(26,2)3)18-36-22-9-8-21-16-32(27(21)15-22)17-28(32)30(34)35/h5-11,13-15,28H,4,12,16-18H2,1-3H3,(H,34,35)/t28-,32-/m1/s1. The van der Waals surface area contributed by atoms with Crippen LogP contribution in [0, 0.1) is 24.1 Å². The number of aryl methyl sites for hydroxylation is 1. The predicted octanol–water partition coefficient (Wildman–Crippen LogP) is 7.48. The van der Waals surface area contributed by atoms with Crippen LogP contribution in [0.2, 0.25) is 0 Å². The molecule has 36 heavy (non-hydrogen) atoms. The van der Waals surface area contributed by atoms with Crippen molar-refractivity contribution in [1.29, 1.82) is 0 Å². The number of halogens is 1. The number of fused-ring (bicyclic) bond motifs is 2. The van der Waals surface area contributed by atoms with Crippen LogP contribution in [0.25, 0.3) is 16.7 Å². The van der Waals surface area contributed by atoms with E-state index in [9.17, 15) is 14.3 Å². The van der Waals surface area contributed by atoms with Crippen molar-refractivity contribution < 1.29 is 19.0 Å². The summed E-state index contributed by atoms with van der Waals surface area (Å²) in [7, 11) is 0. The van der Waals surface area contributed by atoms with Crippen molar-refractivity contribution >= 4 is 11.5 Å². The third-order valence-electron chi connectivity index (χ3n) is 8.54. The number of carbonyl (C=O) groups is 1. The summed E-state index contributed by atoms with van der Waals surface area (Å²) < 4.78 is 21.1. The van der Waals surface area contributed by atoms with Crippen molar-refractivity contribution in [3.05, 3.63) is 94.3 Å². The molecule has 184 valence electrons. The Balaban J connectivity index is 1.30. The van der Waals surface area contributed by atoms with Crippen molar-refractivity contribution in [3.63, 3.8) is 0 Å². The van der Waals surface area contributed by atoms with Gasteiger partial charge in [-0.2, -0.15) is 0 Å². The molecule has 3 nitrogen and oxygen atoms in total. The lowest BCUT2D eigenvalue weighted by atomic mass is 9.73. The Morgan fingerprint density at radius 3 is 2.61 bits per heavy atom. The number of rotatable bonds is 6. The van der Waals surface area contributed by atoms with Gasteiger partial charge in [0.1, 0.15) is 18.2 Å². The van der Waals surface area contributed by atoms with E-state index in [1.54, 1.807) is 12.1 Å². The highest BCUT2D eigenvalue weighted by Crippen LogP contribution is 2.63. The van der Waals surface area contributed by atoms with Gasteiger partial charge in [0.05, 0.1) is 5.92 Å². The van der Waals surface area contributed by atoms with E-state index in [1.165, 1.54) is 11.1 Å². The van der Waals surface area contributed by atoms with Gasteiger partial charge >= 0.3 is 5.97 Å². The van der Waals surface area contributed by atoms with Crippen molar-refractivity contribution in [2.75, 3.05) is 0 Å². The third kappa shape index (κ3) is 3.66.